The van der Waals surface area contributed by atoms with Crippen LogP contribution in [0.1, 0.15) is 68.8 Å². The van der Waals surface area contributed by atoms with E-state index < -0.39 is 0 Å². The number of aromatic nitrogens is 1. The molecule has 5 nitrogen and oxygen atoms in total. The zero-order chi connectivity index (χ0) is 20.7. The van der Waals surface area contributed by atoms with Crippen LogP contribution in [0.5, 0.6) is 0 Å². The largest absolute Gasteiger partial charge is 0.350 e. The number of rotatable bonds is 6. The number of H-pyrrole nitrogens is 1. The average molecular weight is 408 g/mol. The Bertz CT molecular complexity index is 931. The molecule has 0 bridgehead atoms. The van der Waals surface area contributed by atoms with Gasteiger partial charge in [0.1, 0.15) is 5.69 Å². The summed E-state index contributed by atoms with van der Waals surface area (Å²) in [7, 11) is 0. The van der Waals surface area contributed by atoms with Gasteiger partial charge in [0.15, 0.2) is 5.78 Å². The van der Waals surface area contributed by atoms with Crippen LogP contribution in [-0.2, 0) is 4.79 Å². The zero-order valence-corrected chi connectivity index (χ0v) is 18.0. The number of hydrogen-bond donors (Lipinski definition) is 2. The van der Waals surface area contributed by atoms with Gasteiger partial charge < -0.3 is 10.3 Å². The Morgan fingerprint density at radius 2 is 1.67 bits per heavy atom. The first-order chi connectivity index (χ1) is 14.6. The van der Waals surface area contributed by atoms with E-state index in [1.807, 2.05) is 31.2 Å². The van der Waals surface area contributed by atoms with Crippen molar-refractivity contribution in [2.75, 3.05) is 18.4 Å². The molecule has 2 saturated carbocycles. The number of ketones is 1. The first kappa shape index (κ1) is 19.8. The van der Waals surface area contributed by atoms with Crippen LogP contribution in [0.4, 0.5) is 5.69 Å². The summed E-state index contributed by atoms with van der Waals surface area (Å²) in [5.74, 6) is 1.99. The highest BCUT2D eigenvalue weighted by Gasteiger charge is 2.35. The molecule has 1 aromatic carbocycles. The number of nitrogens with zero attached hydrogens (tertiary/aromatic N) is 1. The van der Waals surface area contributed by atoms with Crippen molar-refractivity contribution in [3.63, 3.8) is 0 Å². The van der Waals surface area contributed by atoms with Crippen LogP contribution >= 0.6 is 0 Å². The number of anilines is 1. The third kappa shape index (κ3) is 3.80. The summed E-state index contributed by atoms with van der Waals surface area (Å²) >= 11 is 0. The lowest BCUT2D eigenvalue weighted by molar-refractivity contribution is -0.121. The Morgan fingerprint density at radius 3 is 2.37 bits per heavy atom. The Morgan fingerprint density at radius 1 is 1.00 bits per heavy atom. The summed E-state index contributed by atoms with van der Waals surface area (Å²) in [5, 5.41) is 4.05. The van der Waals surface area contributed by atoms with Crippen LogP contribution in [0.25, 0.3) is 10.9 Å². The van der Waals surface area contributed by atoms with Crippen LogP contribution < -0.4 is 5.32 Å². The molecule has 3 aliphatic rings. The number of carbonyl (C=O) groups excluding carboxylic acids is 2. The number of carbonyl (C=O) groups is 2. The van der Waals surface area contributed by atoms with E-state index in [0.29, 0.717) is 11.4 Å². The molecule has 1 unspecified atom stereocenters. The molecule has 0 radical (unpaired) electrons. The normalized spacial score (nSPS) is 22.4. The lowest BCUT2D eigenvalue weighted by Gasteiger charge is -2.37. The van der Waals surface area contributed by atoms with Crippen LogP contribution in [0.2, 0.25) is 0 Å². The standard InChI is InChI=1S/C25H33N3O2/c1-16(28-14-12-18(13-15-28)17-6-2-3-7-17)25(30)27-22-20-8-4-5-9-21(20)26-23(22)24(29)19-10-11-19/h4-5,8-9,16-19,26H,2-3,6-7,10-15H2,1H3,(H,27,30). The molecule has 5 rings (SSSR count). The van der Waals surface area contributed by atoms with E-state index >= 15 is 0 Å². The quantitative estimate of drug-likeness (QED) is 0.663. The number of hydrogen-bond acceptors (Lipinski definition) is 3. The molecule has 30 heavy (non-hydrogen) atoms. The second-order valence-electron chi connectivity index (χ2n) is 9.64. The molecule has 160 valence electrons. The van der Waals surface area contributed by atoms with E-state index in [9.17, 15) is 9.59 Å². The molecule has 5 heteroatoms. The highest BCUT2D eigenvalue weighted by molar-refractivity contribution is 6.14. The number of aromatic amines is 1. The van der Waals surface area contributed by atoms with Crippen LogP contribution in [0.15, 0.2) is 24.3 Å². The summed E-state index contributed by atoms with van der Waals surface area (Å²) in [6.07, 6.45) is 9.92. The Labute approximate surface area is 178 Å². The molecule has 1 aromatic heterocycles. The highest BCUT2D eigenvalue weighted by atomic mass is 16.2. The molecule has 2 aromatic rings. The van der Waals surface area contributed by atoms with Crippen molar-refractivity contribution >= 4 is 28.3 Å². The van der Waals surface area contributed by atoms with Gasteiger partial charge in [-0.05, 0) is 63.6 Å². The third-order valence-corrected chi connectivity index (χ3v) is 7.72. The first-order valence-electron chi connectivity index (χ1n) is 11.8. The first-order valence-corrected chi connectivity index (χ1v) is 11.8. The Hall–Kier alpha value is -2.14. The number of Topliss-reactive ketones (excluding diaryl/α,β-unsaturated/α-hetero) is 1. The molecular formula is C25H33N3O2. The molecule has 1 atom stereocenters. The number of para-hydroxylation sites is 1. The molecule has 1 amide bonds. The molecular weight excluding hydrogens is 374 g/mol. The van der Waals surface area contributed by atoms with Crippen molar-refractivity contribution in [3.05, 3.63) is 30.0 Å². The van der Waals surface area contributed by atoms with Gasteiger partial charge in [-0.2, -0.15) is 0 Å². The van der Waals surface area contributed by atoms with E-state index in [2.05, 4.69) is 15.2 Å². The number of likely N-dealkylation sites (tertiary alicyclic amines) is 1. The van der Waals surface area contributed by atoms with E-state index in [1.165, 1.54) is 38.5 Å². The SMILES string of the molecule is CC(C(=O)Nc1c(C(=O)C2CC2)[nH]c2ccccc12)N1CCC(C2CCCC2)CC1. The van der Waals surface area contributed by atoms with Crippen molar-refractivity contribution in [3.8, 4) is 0 Å². The molecule has 2 N–H and O–H groups in total. The summed E-state index contributed by atoms with van der Waals surface area (Å²) in [6, 6.07) is 7.66. The van der Waals surface area contributed by atoms with Gasteiger partial charge in [-0.3, -0.25) is 14.5 Å². The summed E-state index contributed by atoms with van der Waals surface area (Å²) in [5.41, 5.74) is 2.14. The number of amides is 1. The van der Waals surface area contributed by atoms with Gasteiger partial charge in [-0.25, -0.2) is 0 Å². The number of piperidine rings is 1. The second-order valence-corrected chi connectivity index (χ2v) is 9.64. The lowest BCUT2D eigenvalue weighted by Crippen LogP contribution is -2.46. The van der Waals surface area contributed by atoms with Crippen molar-refractivity contribution in [2.24, 2.45) is 17.8 Å². The van der Waals surface area contributed by atoms with Crippen molar-refractivity contribution in [2.45, 2.75) is 64.3 Å². The van der Waals surface area contributed by atoms with Crippen molar-refractivity contribution in [1.82, 2.24) is 9.88 Å². The Kier molecular flexibility index (Phi) is 5.40. The summed E-state index contributed by atoms with van der Waals surface area (Å²) in [6.45, 7) is 4.00. The van der Waals surface area contributed by atoms with Crippen LogP contribution in [0.3, 0.4) is 0 Å². The molecule has 2 heterocycles. The van der Waals surface area contributed by atoms with E-state index in [4.69, 9.17) is 0 Å². The zero-order valence-electron chi connectivity index (χ0n) is 18.0. The van der Waals surface area contributed by atoms with Gasteiger partial charge in [0, 0.05) is 16.8 Å². The van der Waals surface area contributed by atoms with E-state index in [0.717, 1.165) is 48.7 Å². The maximum Gasteiger partial charge on any atom is 0.241 e. The van der Waals surface area contributed by atoms with E-state index in [1.54, 1.807) is 0 Å². The van der Waals surface area contributed by atoms with Gasteiger partial charge in [-0.15, -0.1) is 0 Å². The Balaban J connectivity index is 1.28. The van der Waals surface area contributed by atoms with E-state index in [-0.39, 0.29) is 23.7 Å². The lowest BCUT2D eigenvalue weighted by atomic mass is 9.83. The molecule has 1 saturated heterocycles. The molecule has 3 fully saturated rings. The summed E-state index contributed by atoms with van der Waals surface area (Å²) in [4.78, 5) is 31.6. The fourth-order valence-electron chi connectivity index (χ4n) is 5.61. The van der Waals surface area contributed by atoms with Gasteiger partial charge in [0.2, 0.25) is 5.91 Å². The number of nitrogens with one attached hydrogen (secondary N) is 2. The second kappa shape index (κ2) is 8.18. The predicted molar refractivity (Wildman–Crippen MR) is 120 cm³/mol. The minimum Gasteiger partial charge on any atom is -0.350 e. The van der Waals surface area contributed by atoms with Gasteiger partial charge in [-0.1, -0.05) is 43.9 Å². The third-order valence-electron chi connectivity index (χ3n) is 7.72. The number of benzene rings is 1. The molecule has 1 aliphatic heterocycles. The van der Waals surface area contributed by atoms with Gasteiger partial charge in [0.25, 0.3) is 0 Å². The van der Waals surface area contributed by atoms with Gasteiger partial charge in [0.05, 0.1) is 11.7 Å². The smallest absolute Gasteiger partial charge is 0.241 e. The average Bonchev–Trinajstić information content (AvgIpc) is 3.36. The van der Waals surface area contributed by atoms with Crippen molar-refractivity contribution < 1.29 is 9.59 Å². The van der Waals surface area contributed by atoms with Crippen molar-refractivity contribution in [1.29, 1.82) is 0 Å². The monoisotopic (exact) mass is 407 g/mol. The minimum absolute atomic E-state index is 0.0103. The van der Waals surface area contributed by atoms with Gasteiger partial charge >= 0.3 is 0 Å². The fourth-order valence-corrected chi connectivity index (χ4v) is 5.61. The maximum atomic E-state index is 13.2. The molecule has 0 spiro atoms. The predicted octanol–water partition coefficient (Wildman–Crippen LogP) is 4.99. The maximum absolute atomic E-state index is 13.2. The summed E-state index contributed by atoms with van der Waals surface area (Å²) < 4.78 is 0. The highest BCUT2D eigenvalue weighted by Crippen LogP contribution is 2.38. The fraction of sp³-hybridized carbons (Fsp3) is 0.600. The minimum atomic E-state index is -0.188. The topological polar surface area (TPSA) is 65.2 Å². The van der Waals surface area contributed by atoms with Crippen LogP contribution in [0, 0.1) is 17.8 Å². The molecule has 2 aliphatic carbocycles. The van der Waals surface area contributed by atoms with Crippen LogP contribution in [-0.4, -0.2) is 40.7 Å². The number of fused-ring (bicyclic) bond motifs is 1.